The molecule has 0 aliphatic rings. The van der Waals surface area contributed by atoms with Crippen LogP contribution in [0.2, 0.25) is 0 Å². The highest BCUT2D eigenvalue weighted by atomic mass is 16.3. The molecule has 1 aromatic carbocycles. The molecule has 0 saturated heterocycles. The maximum absolute atomic E-state index is 12.3. The molecule has 5 nitrogen and oxygen atoms in total. The van der Waals surface area contributed by atoms with Gasteiger partial charge < -0.3 is 15.3 Å². The first-order valence-corrected chi connectivity index (χ1v) is 8.11. The molecule has 2 aromatic rings. The molecule has 2 N–H and O–H groups in total. The van der Waals surface area contributed by atoms with E-state index in [1.807, 2.05) is 50.5 Å². The quantitative estimate of drug-likeness (QED) is 0.775. The molecule has 0 aliphatic carbocycles. The molecule has 5 heteroatoms. The predicted molar refractivity (Wildman–Crippen MR) is 94.7 cm³/mol. The average molecular weight is 327 g/mol. The minimum atomic E-state index is -0.116. The zero-order valence-corrected chi connectivity index (χ0v) is 14.3. The number of carbonyl (C=O) groups is 1. The SMILES string of the molecule is CN(C)Cc1cccc(C(=O)NCC(CO)Cc2ccccn2)c1. The van der Waals surface area contributed by atoms with Crippen molar-refractivity contribution in [3.8, 4) is 0 Å². The Hall–Kier alpha value is -2.24. The fraction of sp³-hybridized carbons (Fsp3) is 0.368. The van der Waals surface area contributed by atoms with Gasteiger partial charge in [-0.3, -0.25) is 9.78 Å². The molecule has 1 amide bonds. The highest BCUT2D eigenvalue weighted by Gasteiger charge is 2.12. The Morgan fingerprint density at radius 2 is 2.08 bits per heavy atom. The Bertz CT molecular complexity index is 644. The highest BCUT2D eigenvalue weighted by molar-refractivity contribution is 5.94. The van der Waals surface area contributed by atoms with Gasteiger partial charge in [-0.05, 0) is 50.3 Å². The van der Waals surface area contributed by atoms with E-state index in [1.165, 1.54) is 0 Å². The molecule has 0 radical (unpaired) electrons. The van der Waals surface area contributed by atoms with Gasteiger partial charge in [-0.2, -0.15) is 0 Å². The number of benzene rings is 1. The van der Waals surface area contributed by atoms with Crippen LogP contribution in [0.5, 0.6) is 0 Å². The number of nitrogens with zero attached hydrogens (tertiary/aromatic N) is 2. The van der Waals surface area contributed by atoms with Gasteiger partial charge >= 0.3 is 0 Å². The fourth-order valence-corrected chi connectivity index (χ4v) is 2.53. The topological polar surface area (TPSA) is 65.5 Å². The van der Waals surface area contributed by atoms with Crippen LogP contribution in [0.25, 0.3) is 0 Å². The molecule has 24 heavy (non-hydrogen) atoms. The third-order valence-electron chi connectivity index (χ3n) is 3.72. The number of hydrogen-bond donors (Lipinski definition) is 2. The van der Waals surface area contributed by atoms with Crippen LogP contribution in [0.1, 0.15) is 21.6 Å². The second-order valence-corrected chi connectivity index (χ2v) is 6.22. The van der Waals surface area contributed by atoms with E-state index >= 15 is 0 Å². The van der Waals surface area contributed by atoms with Crippen molar-refractivity contribution in [3.63, 3.8) is 0 Å². The first-order valence-electron chi connectivity index (χ1n) is 8.11. The van der Waals surface area contributed by atoms with E-state index in [9.17, 15) is 9.90 Å². The monoisotopic (exact) mass is 327 g/mol. The Balaban J connectivity index is 1.91. The molecule has 0 saturated carbocycles. The van der Waals surface area contributed by atoms with Crippen LogP contribution in [-0.2, 0) is 13.0 Å². The van der Waals surface area contributed by atoms with Crippen LogP contribution in [0, 0.1) is 5.92 Å². The van der Waals surface area contributed by atoms with Gasteiger partial charge in [0.25, 0.3) is 5.91 Å². The van der Waals surface area contributed by atoms with Crippen LogP contribution < -0.4 is 5.32 Å². The van der Waals surface area contributed by atoms with Crippen molar-refractivity contribution in [2.24, 2.45) is 5.92 Å². The zero-order chi connectivity index (χ0) is 17.4. The Labute approximate surface area is 143 Å². The van der Waals surface area contributed by atoms with E-state index in [0.717, 1.165) is 17.8 Å². The van der Waals surface area contributed by atoms with E-state index in [4.69, 9.17) is 0 Å². The van der Waals surface area contributed by atoms with Gasteiger partial charge in [-0.1, -0.05) is 18.2 Å². The lowest BCUT2D eigenvalue weighted by Gasteiger charge is -2.15. The summed E-state index contributed by atoms with van der Waals surface area (Å²) in [6, 6.07) is 13.3. The average Bonchev–Trinajstić information content (AvgIpc) is 2.59. The number of hydrogen-bond acceptors (Lipinski definition) is 4. The highest BCUT2D eigenvalue weighted by Crippen LogP contribution is 2.09. The number of pyridine rings is 1. The van der Waals surface area contributed by atoms with Crippen LogP contribution in [0.3, 0.4) is 0 Å². The van der Waals surface area contributed by atoms with Crippen LogP contribution in [0.4, 0.5) is 0 Å². The maximum atomic E-state index is 12.3. The third-order valence-corrected chi connectivity index (χ3v) is 3.72. The first kappa shape index (κ1) is 18.1. The summed E-state index contributed by atoms with van der Waals surface area (Å²) in [5.74, 6) is -0.163. The van der Waals surface area contributed by atoms with Crippen molar-refractivity contribution in [3.05, 3.63) is 65.5 Å². The normalized spacial score (nSPS) is 12.2. The van der Waals surface area contributed by atoms with Gasteiger partial charge in [0, 0.05) is 43.1 Å². The minimum Gasteiger partial charge on any atom is -0.396 e. The number of aliphatic hydroxyl groups excluding tert-OH is 1. The lowest BCUT2D eigenvalue weighted by atomic mass is 10.0. The molecule has 0 spiro atoms. The van der Waals surface area contributed by atoms with Crippen LogP contribution >= 0.6 is 0 Å². The molecular formula is C19H25N3O2. The van der Waals surface area contributed by atoms with E-state index in [2.05, 4.69) is 15.2 Å². The summed E-state index contributed by atoms with van der Waals surface area (Å²) in [5.41, 5.74) is 2.66. The van der Waals surface area contributed by atoms with Crippen molar-refractivity contribution in [1.82, 2.24) is 15.2 Å². The summed E-state index contributed by atoms with van der Waals surface area (Å²) < 4.78 is 0. The molecule has 1 aromatic heterocycles. The second kappa shape index (κ2) is 9.15. The first-order chi connectivity index (χ1) is 11.6. The van der Waals surface area contributed by atoms with Crippen LogP contribution in [-0.4, -0.2) is 48.1 Å². The number of aromatic nitrogens is 1. The van der Waals surface area contributed by atoms with Crippen molar-refractivity contribution in [2.75, 3.05) is 27.2 Å². The number of aliphatic hydroxyl groups is 1. The van der Waals surface area contributed by atoms with E-state index < -0.39 is 0 Å². The van der Waals surface area contributed by atoms with Crippen molar-refractivity contribution >= 4 is 5.91 Å². The maximum Gasteiger partial charge on any atom is 0.251 e. The Morgan fingerprint density at radius 3 is 2.75 bits per heavy atom. The molecule has 2 rings (SSSR count). The summed E-state index contributed by atoms with van der Waals surface area (Å²) in [6.45, 7) is 1.22. The minimum absolute atomic E-state index is 0.0114. The van der Waals surface area contributed by atoms with Crippen molar-refractivity contribution in [2.45, 2.75) is 13.0 Å². The van der Waals surface area contributed by atoms with Gasteiger partial charge in [0.1, 0.15) is 0 Å². The van der Waals surface area contributed by atoms with Gasteiger partial charge in [0.2, 0.25) is 0 Å². The molecule has 128 valence electrons. The van der Waals surface area contributed by atoms with E-state index in [-0.39, 0.29) is 18.4 Å². The molecular weight excluding hydrogens is 302 g/mol. The predicted octanol–water partition coefficient (Wildman–Crippen LogP) is 1.72. The number of nitrogens with one attached hydrogen (secondary N) is 1. The third kappa shape index (κ3) is 5.76. The Morgan fingerprint density at radius 1 is 1.25 bits per heavy atom. The molecule has 0 fully saturated rings. The number of amides is 1. The lowest BCUT2D eigenvalue weighted by molar-refractivity contribution is 0.0939. The van der Waals surface area contributed by atoms with Gasteiger partial charge in [0.15, 0.2) is 0 Å². The van der Waals surface area contributed by atoms with Gasteiger partial charge in [0.05, 0.1) is 0 Å². The van der Waals surface area contributed by atoms with Gasteiger partial charge in [-0.25, -0.2) is 0 Å². The summed E-state index contributed by atoms with van der Waals surface area (Å²) in [5, 5.41) is 12.4. The molecule has 1 unspecified atom stereocenters. The van der Waals surface area contributed by atoms with Gasteiger partial charge in [-0.15, -0.1) is 0 Å². The second-order valence-electron chi connectivity index (χ2n) is 6.22. The summed E-state index contributed by atoms with van der Waals surface area (Å²) in [4.78, 5) is 18.7. The summed E-state index contributed by atoms with van der Waals surface area (Å²) in [6.07, 6.45) is 2.37. The number of rotatable bonds is 8. The van der Waals surface area contributed by atoms with Crippen LogP contribution in [0.15, 0.2) is 48.7 Å². The van der Waals surface area contributed by atoms with Crippen molar-refractivity contribution < 1.29 is 9.90 Å². The molecule has 1 heterocycles. The number of carbonyl (C=O) groups excluding carboxylic acids is 1. The van der Waals surface area contributed by atoms with E-state index in [0.29, 0.717) is 18.5 Å². The van der Waals surface area contributed by atoms with E-state index in [1.54, 1.807) is 12.3 Å². The summed E-state index contributed by atoms with van der Waals surface area (Å²) in [7, 11) is 3.99. The standard InChI is InChI=1S/C19H25N3O2/c1-22(2)13-15-6-5-7-17(10-15)19(24)21-12-16(14-23)11-18-8-3-4-9-20-18/h3-10,16,23H,11-14H2,1-2H3,(H,21,24). The lowest BCUT2D eigenvalue weighted by Crippen LogP contribution is -2.32. The fourth-order valence-electron chi connectivity index (χ4n) is 2.53. The largest absolute Gasteiger partial charge is 0.396 e. The smallest absolute Gasteiger partial charge is 0.251 e. The zero-order valence-electron chi connectivity index (χ0n) is 14.3. The molecule has 0 bridgehead atoms. The molecule has 0 aliphatic heterocycles. The molecule has 1 atom stereocenters. The van der Waals surface area contributed by atoms with Crippen molar-refractivity contribution in [1.29, 1.82) is 0 Å². The Kier molecular flexibility index (Phi) is 6.90. The summed E-state index contributed by atoms with van der Waals surface area (Å²) >= 11 is 0.